The Hall–Kier alpha value is -0.650. The van der Waals surface area contributed by atoms with Crippen LogP contribution in [-0.4, -0.2) is 10.2 Å². The van der Waals surface area contributed by atoms with Crippen molar-refractivity contribution in [1.82, 2.24) is 10.2 Å². The molecule has 0 aliphatic carbocycles. The number of hydrogen-bond acceptors (Lipinski definition) is 1. The minimum atomic E-state index is -0.197. The third-order valence-electron chi connectivity index (χ3n) is 1.51. The van der Waals surface area contributed by atoms with E-state index in [0.717, 1.165) is 5.52 Å². The fraction of sp³-hybridized carbons (Fsp3) is 0. The summed E-state index contributed by atoms with van der Waals surface area (Å²) in [6.07, 6.45) is 1.49. The summed E-state index contributed by atoms with van der Waals surface area (Å²) >= 11 is 1.95. The highest BCUT2D eigenvalue weighted by Crippen LogP contribution is 2.19. The Morgan fingerprint density at radius 3 is 3.09 bits per heavy atom. The van der Waals surface area contributed by atoms with E-state index in [1.807, 2.05) is 28.7 Å². The Morgan fingerprint density at radius 1 is 1.45 bits per heavy atom. The number of rotatable bonds is 0. The largest absolute Gasteiger partial charge is 0.278 e. The third kappa shape index (κ3) is 1.01. The summed E-state index contributed by atoms with van der Waals surface area (Å²) in [6, 6.07) is 3.53. The molecule has 0 fully saturated rings. The van der Waals surface area contributed by atoms with Crippen molar-refractivity contribution in [2.24, 2.45) is 0 Å². The standard InChI is InChI=1S/C7H4FIN2/c8-7-4-3-10-11-6(4)2-1-5(7)9/h1-3H,(H,10,11). The number of nitrogens with one attached hydrogen (secondary N) is 1. The van der Waals surface area contributed by atoms with Crippen molar-refractivity contribution in [3.05, 3.63) is 27.7 Å². The third-order valence-corrected chi connectivity index (χ3v) is 2.34. The SMILES string of the molecule is Fc1c(I)ccc2[nH]ncc12. The quantitative estimate of drug-likeness (QED) is 0.725. The molecule has 0 amide bonds. The average molecular weight is 262 g/mol. The first-order chi connectivity index (χ1) is 5.29. The summed E-state index contributed by atoms with van der Waals surface area (Å²) in [7, 11) is 0. The number of halogens is 2. The van der Waals surface area contributed by atoms with Crippen molar-refractivity contribution < 1.29 is 4.39 Å². The Kier molecular flexibility index (Phi) is 1.56. The molecular weight excluding hydrogens is 258 g/mol. The number of fused-ring (bicyclic) bond motifs is 1. The molecule has 0 saturated carbocycles. The molecule has 11 heavy (non-hydrogen) atoms. The van der Waals surface area contributed by atoms with Crippen LogP contribution < -0.4 is 0 Å². The second kappa shape index (κ2) is 2.44. The molecular formula is C7H4FIN2. The monoisotopic (exact) mass is 262 g/mol. The van der Waals surface area contributed by atoms with Crippen molar-refractivity contribution in [3.8, 4) is 0 Å². The molecule has 2 rings (SSSR count). The van der Waals surface area contributed by atoms with E-state index in [-0.39, 0.29) is 5.82 Å². The van der Waals surface area contributed by atoms with E-state index in [1.54, 1.807) is 6.07 Å². The summed E-state index contributed by atoms with van der Waals surface area (Å²) in [5.74, 6) is -0.197. The van der Waals surface area contributed by atoms with Crippen LogP contribution in [0.2, 0.25) is 0 Å². The van der Waals surface area contributed by atoms with Gasteiger partial charge in [-0.3, -0.25) is 5.10 Å². The number of aromatic nitrogens is 2. The first kappa shape index (κ1) is 7.02. The van der Waals surface area contributed by atoms with Crippen LogP contribution in [0.3, 0.4) is 0 Å². The van der Waals surface area contributed by atoms with Crippen LogP contribution >= 0.6 is 22.6 Å². The Bertz CT molecular complexity index is 396. The average Bonchev–Trinajstić information content (AvgIpc) is 2.45. The van der Waals surface area contributed by atoms with Crippen LogP contribution in [0.1, 0.15) is 0 Å². The first-order valence-corrected chi connectivity index (χ1v) is 4.14. The lowest BCUT2D eigenvalue weighted by molar-refractivity contribution is 0.632. The van der Waals surface area contributed by atoms with Crippen molar-refractivity contribution in [2.75, 3.05) is 0 Å². The van der Waals surface area contributed by atoms with E-state index in [1.165, 1.54) is 6.20 Å². The summed E-state index contributed by atoms with van der Waals surface area (Å²) in [4.78, 5) is 0. The van der Waals surface area contributed by atoms with Gasteiger partial charge < -0.3 is 0 Å². The Labute approximate surface area is 75.9 Å². The van der Waals surface area contributed by atoms with Crippen LogP contribution in [0.15, 0.2) is 18.3 Å². The number of benzene rings is 1. The molecule has 0 radical (unpaired) electrons. The van der Waals surface area contributed by atoms with Gasteiger partial charge in [0.15, 0.2) is 0 Å². The molecule has 1 N–H and O–H groups in total. The zero-order valence-electron chi connectivity index (χ0n) is 5.44. The smallest absolute Gasteiger partial charge is 0.147 e. The van der Waals surface area contributed by atoms with Gasteiger partial charge in [-0.25, -0.2) is 4.39 Å². The van der Waals surface area contributed by atoms with Crippen molar-refractivity contribution in [3.63, 3.8) is 0 Å². The molecule has 56 valence electrons. The van der Waals surface area contributed by atoms with Gasteiger partial charge in [0.25, 0.3) is 0 Å². The van der Waals surface area contributed by atoms with Gasteiger partial charge in [-0.05, 0) is 34.7 Å². The van der Waals surface area contributed by atoms with E-state index >= 15 is 0 Å². The second-order valence-corrected chi connectivity index (χ2v) is 3.35. The summed E-state index contributed by atoms with van der Waals surface area (Å²) < 4.78 is 13.8. The van der Waals surface area contributed by atoms with Crippen molar-refractivity contribution in [1.29, 1.82) is 0 Å². The van der Waals surface area contributed by atoms with E-state index in [0.29, 0.717) is 8.96 Å². The lowest BCUT2D eigenvalue weighted by Crippen LogP contribution is -1.80. The van der Waals surface area contributed by atoms with Crippen LogP contribution in [-0.2, 0) is 0 Å². The molecule has 4 heteroatoms. The minimum absolute atomic E-state index is 0.197. The fourth-order valence-electron chi connectivity index (χ4n) is 0.956. The van der Waals surface area contributed by atoms with Crippen molar-refractivity contribution >= 4 is 33.5 Å². The summed E-state index contributed by atoms with van der Waals surface area (Å²) in [5.41, 5.74) is 0.739. The maximum atomic E-state index is 13.2. The zero-order chi connectivity index (χ0) is 7.84. The molecule has 0 saturated heterocycles. The molecule has 0 unspecified atom stereocenters. The van der Waals surface area contributed by atoms with Crippen molar-refractivity contribution in [2.45, 2.75) is 0 Å². The minimum Gasteiger partial charge on any atom is -0.278 e. The number of hydrogen-bond donors (Lipinski definition) is 1. The van der Waals surface area contributed by atoms with Gasteiger partial charge in [0.2, 0.25) is 0 Å². The van der Waals surface area contributed by atoms with Crippen LogP contribution in [0.5, 0.6) is 0 Å². The predicted molar refractivity (Wildman–Crippen MR) is 48.8 cm³/mol. The normalized spacial score (nSPS) is 10.7. The maximum absolute atomic E-state index is 13.2. The number of aromatic amines is 1. The molecule has 1 heterocycles. The topological polar surface area (TPSA) is 28.7 Å². The Balaban J connectivity index is 2.93. The van der Waals surface area contributed by atoms with Gasteiger partial charge in [0.1, 0.15) is 5.82 Å². The van der Waals surface area contributed by atoms with Crippen LogP contribution in [0, 0.1) is 9.39 Å². The van der Waals surface area contributed by atoms with Gasteiger partial charge in [-0.15, -0.1) is 0 Å². The molecule has 1 aromatic heterocycles. The molecule has 0 aliphatic rings. The van der Waals surface area contributed by atoms with E-state index in [4.69, 9.17) is 0 Å². The van der Waals surface area contributed by atoms with Gasteiger partial charge in [-0.2, -0.15) is 5.10 Å². The summed E-state index contributed by atoms with van der Waals surface area (Å²) in [5, 5.41) is 6.98. The fourth-order valence-corrected chi connectivity index (χ4v) is 1.43. The van der Waals surface area contributed by atoms with E-state index in [9.17, 15) is 4.39 Å². The predicted octanol–water partition coefficient (Wildman–Crippen LogP) is 2.31. The van der Waals surface area contributed by atoms with Gasteiger partial charge >= 0.3 is 0 Å². The molecule has 0 aliphatic heterocycles. The van der Waals surface area contributed by atoms with E-state index in [2.05, 4.69) is 10.2 Å². The highest BCUT2D eigenvalue weighted by molar-refractivity contribution is 14.1. The Morgan fingerprint density at radius 2 is 2.27 bits per heavy atom. The van der Waals surface area contributed by atoms with E-state index < -0.39 is 0 Å². The second-order valence-electron chi connectivity index (χ2n) is 2.19. The first-order valence-electron chi connectivity index (χ1n) is 3.06. The number of nitrogens with zero attached hydrogens (tertiary/aromatic N) is 1. The molecule has 2 nitrogen and oxygen atoms in total. The highest BCUT2D eigenvalue weighted by atomic mass is 127. The maximum Gasteiger partial charge on any atom is 0.147 e. The molecule has 1 aromatic carbocycles. The van der Waals surface area contributed by atoms with Crippen LogP contribution in [0.25, 0.3) is 10.9 Å². The van der Waals surface area contributed by atoms with Gasteiger partial charge in [-0.1, -0.05) is 0 Å². The zero-order valence-corrected chi connectivity index (χ0v) is 7.59. The molecule has 0 bridgehead atoms. The molecule has 0 spiro atoms. The van der Waals surface area contributed by atoms with Crippen LogP contribution in [0.4, 0.5) is 4.39 Å². The summed E-state index contributed by atoms with van der Waals surface area (Å²) in [6.45, 7) is 0. The van der Waals surface area contributed by atoms with Gasteiger partial charge in [0, 0.05) is 3.57 Å². The highest BCUT2D eigenvalue weighted by Gasteiger charge is 2.04. The lowest BCUT2D eigenvalue weighted by Gasteiger charge is -1.93. The molecule has 2 aromatic rings. The number of H-pyrrole nitrogens is 1. The molecule has 0 atom stereocenters. The lowest BCUT2D eigenvalue weighted by atomic mass is 10.2. The van der Waals surface area contributed by atoms with Gasteiger partial charge in [0.05, 0.1) is 17.1 Å².